The second-order valence-corrected chi connectivity index (χ2v) is 11.9. The van der Waals surface area contributed by atoms with Crippen LogP contribution in [0.15, 0.2) is 96.0 Å². The van der Waals surface area contributed by atoms with Crippen LogP contribution >= 0.6 is 0 Å². The molecule has 42 heavy (non-hydrogen) atoms. The highest BCUT2D eigenvalue weighted by Gasteiger charge is 2.57. The summed E-state index contributed by atoms with van der Waals surface area (Å²) < 4.78 is 24.9. The summed E-state index contributed by atoms with van der Waals surface area (Å²) in [6, 6.07) is 28.7. The van der Waals surface area contributed by atoms with E-state index < -0.39 is 29.9 Å². The van der Waals surface area contributed by atoms with Crippen molar-refractivity contribution in [3.05, 3.63) is 108 Å². The van der Waals surface area contributed by atoms with Crippen molar-refractivity contribution in [3.63, 3.8) is 0 Å². The Hall–Kier alpha value is -3.56. The van der Waals surface area contributed by atoms with Crippen LogP contribution in [0.2, 0.25) is 0 Å². The molecule has 2 aliphatic heterocycles. The molecule has 1 aliphatic carbocycles. The van der Waals surface area contributed by atoms with Gasteiger partial charge in [-0.05, 0) is 37.5 Å². The molecule has 8 heteroatoms. The normalized spacial score (nSPS) is 25.1. The molecule has 2 heterocycles. The van der Waals surface area contributed by atoms with Gasteiger partial charge in [0.25, 0.3) is 0 Å². The number of benzene rings is 3. The summed E-state index contributed by atoms with van der Waals surface area (Å²) in [4.78, 5) is 17.8. The molecule has 1 saturated carbocycles. The van der Waals surface area contributed by atoms with E-state index in [0.717, 1.165) is 16.7 Å². The molecule has 6 rings (SSSR count). The molecule has 0 saturated heterocycles. The summed E-state index contributed by atoms with van der Waals surface area (Å²) in [7, 11) is 0. The minimum Gasteiger partial charge on any atom is -0.476 e. The molecule has 0 amide bonds. The monoisotopic (exact) mass is 571 g/mol. The maximum atomic E-state index is 12.7. The molecule has 222 valence electrons. The molecule has 3 N–H and O–H groups in total. The topological polar surface area (TPSA) is 104 Å². The predicted molar refractivity (Wildman–Crippen MR) is 162 cm³/mol. The first-order chi connectivity index (χ1) is 20.3. The number of carbonyl (C=O) groups is 1. The van der Waals surface area contributed by atoms with Crippen molar-refractivity contribution in [1.29, 1.82) is 0 Å². The number of ether oxygens (including phenoxy) is 4. The highest BCUT2D eigenvalue weighted by molar-refractivity contribution is 5.83. The van der Waals surface area contributed by atoms with Gasteiger partial charge < -0.3 is 30.0 Å². The van der Waals surface area contributed by atoms with Gasteiger partial charge in [-0.3, -0.25) is 4.79 Å². The van der Waals surface area contributed by atoms with Crippen LogP contribution in [0.25, 0.3) is 0 Å². The van der Waals surface area contributed by atoms with Gasteiger partial charge in [0.15, 0.2) is 5.90 Å². The second kappa shape index (κ2) is 13.6. The van der Waals surface area contributed by atoms with Crippen LogP contribution in [0.5, 0.6) is 0 Å². The van der Waals surface area contributed by atoms with Crippen LogP contribution in [-0.2, 0) is 43.6 Å². The highest BCUT2D eigenvalue weighted by atomic mass is 16.6. The zero-order chi connectivity index (χ0) is 29.5. The second-order valence-electron chi connectivity index (χ2n) is 11.9. The molecule has 2 bridgehead atoms. The fourth-order valence-corrected chi connectivity index (χ4v) is 5.61. The summed E-state index contributed by atoms with van der Waals surface area (Å²) in [5.41, 5.74) is 9.49. The smallest absolute Gasteiger partial charge is 0.320 e. The molecular weight excluding hydrogens is 530 g/mol. The van der Waals surface area contributed by atoms with E-state index in [2.05, 4.69) is 5.32 Å². The van der Waals surface area contributed by atoms with E-state index >= 15 is 0 Å². The van der Waals surface area contributed by atoms with Gasteiger partial charge in [0.1, 0.15) is 18.2 Å². The fraction of sp³-hybridized carbons (Fsp3) is 0.412. The molecule has 8 nitrogen and oxygen atoms in total. The minimum absolute atomic E-state index is 0.00454. The maximum Gasteiger partial charge on any atom is 0.320 e. The van der Waals surface area contributed by atoms with Crippen molar-refractivity contribution in [2.75, 3.05) is 6.54 Å². The van der Waals surface area contributed by atoms with E-state index in [4.69, 9.17) is 29.7 Å². The minimum atomic E-state index is -0.592. The lowest BCUT2D eigenvalue weighted by Crippen LogP contribution is -2.73. The Morgan fingerprint density at radius 2 is 1.29 bits per heavy atom. The standard InChI is InChI=1S/C34H41N3O5/c1-34(2,3)42-26(38)19-36-29-27-28(35)31(39-20-23-13-7-4-8-14-23)30(32(29)40-21-24-15-9-5-10-16-24)37-33(27)41-22-25-17-11-6-12-18-25/h4-18,27-32,36H,19-22,35H2,1-3H3. The summed E-state index contributed by atoms with van der Waals surface area (Å²) >= 11 is 0. The van der Waals surface area contributed by atoms with E-state index in [9.17, 15) is 4.79 Å². The Labute approximate surface area is 248 Å². The van der Waals surface area contributed by atoms with Crippen LogP contribution < -0.4 is 11.1 Å². The fourth-order valence-electron chi connectivity index (χ4n) is 5.61. The van der Waals surface area contributed by atoms with Crippen molar-refractivity contribution < 1.29 is 23.7 Å². The number of fused-ring (bicyclic) bond motifs is 2. The van der Waals surface area contributed by atoms with Gasteiger partial charge in [0.05, 0.1) is 37.9 Å². The molecule has 6 unspecified atom stereocenters. The van der Waals surface area contributed by atoms with Gasteiger partial charge in [0, 0.05) is 12.1 Å². The Balaban J connectivity index is 1.41. The Bertz CT molecular complexity index is 1310. The van der Waals surface area contributed by atoms with Crippen molar-refractivity contribution in [2.45, 2.75) is 76.5 Å². The number of nitrogens with two attached hydrogens (primary N) is 1. The lowest BCUT2D eigenvalue weighted by atomic mass is 9.71. The molecule has 0 spiro atoms. The Morgan fingerprint density at radius 1 is 0.786 bits per heavy atom. The molecular formula is C34H41N3O5. The number of nitrogens with one attached hydrogen (secondary N) is 1. The van der Waals surface area contributed by atoms with E-state index in [1.165, 1.54) is 0 Å². The third-order valence-corrected chi connectivity index (χ3v) is 7.47. The number of rotatable bonds is 11. The van der Waals surface area contributed by atoms with E-state index in [-0.39, 0.29) is 24.5 Å². The quantitative estimate of drug-likeness (QED) is 0.329. The van der Waals surface area contributed by atoms with Crippen molar-refractivity contribution in [3.8, 4) is 0 Å². The third kappa shape index (κ3) is 7.63. The van der Waals surface area contributed by atoms with Crippen LogP contribution in [0.1, 0.15) is 37.5 Å². The van der Waals surface area contributed by atoms with Crippen molar-refractivity contribution in [1.82, 2.24) is 5.32 Å². The zero-order valence-electron chi connectivity index (χ0n) is 24.5. The predicted octanol–water partition coefficient (Wildman–Crippen LogP) is 4.41. The first-order valence-electron chi connectivity index (χ1n) is 14.5. The molecule has 3 aromatic rings. The average Bonchev–Trinajstić information content (AvgIpc) is 2.98. The van der Waals surface area contributed by atoms with Gasteiger partial charge in [-0.25, -0.2) is 4.99 Å². The largest absolute Gasteiger partial charge is 0.476 e. The third-order valence-electron chi connectivity index (χ3n) is 7.47. The first kappa shape index (κ1) is 29.9. The van der Waals surface area contributed by atoms with Gasteiger partial charge in [0.2, 0.25) is 0 Å². The number of carbonyl (C=O) groups excluding carboxylic acids is 1. The molecule has 0 aromatic heterocycles. The number of esters is 1. The lowest BCUT2D eigenvalue weighted by molar-refractivity contribution is -0.155. The van der Waals surface area contributed by atoms with Gasteiger partial charge in [-0.15, -0.1) is 0 Å². The number of nitrogens with zero attached hydrogens (tertiary/aromatic N) is 1. The number of hydrogen-bond donors (Lipinski definition) is 2. The maximum absolute atomic E-state index is 12.7. The molecule has 6 atom stereocenters. The summed E-state index contributed by atoms with van der Waals surface area (Å²) in [5, 5.41) is 3.42. The average molecular weight is 572 g/mol. The van der Waals surface area contributed by atoms with E-state index in [0.29, 0.717) is 25.7 Å². The molecule has 1 fully saturated rings. The van der Waals surface area contributed by atoms with Gasteiger partial charge >= 0.3 is 5.97 Å². The van der Waals surface area contributed by atoms with Gasteiger partial charge in [-0.2, -0.15) is 0 Å². The summed E-state index contributed by atoms with van der Waals surface area (Å²) in [6.07, 6.45) is -0.818. The summed E-state index contributed by atoms with van der Waals surface area (Å²) in [5.74, 6) is -0.181. The van der Waals surface area contributed by atoms with Crippen LogP contribution in [0.3, 0.4) is 0 Å². The van der Waals surface area contributed by atoms with E-state index in [1.54, 1.807) is 0 Å². The SMILES string of the molecule is CC(C)(C)OC(=O)CNC1C(OCc2ccccc2)C2N=C(OCc3ccccc3)C1C(N)C2OCc1ccccc1. The van der Waals surface area contributed by atoms with E-state index in [1.807, 2.05) is 112 Å². The zero-order valence-corrected chi connectivity index (χ0v) is 24.5. The Morgan fingerprint density at radius 3 is 1.81 bits per heavy atom. The molecule has 3 aromatic carbocycles. The first-order valence-corrected chi connectivity index (χ1v) is 14.5. The van der Waals surface area contributed by atoms with Crippen LogP contribution in [0, 0.1) is 5.92 Å². The van der Waals surface area contributed by atoms with Gasteiger partial charge in [-0.1, -0.05) is 91.0 Å². The molecule has 0 radical (unpaired) electrons. The Kier molecular flexibility index (Phi) is 9.69. The van der Waals surface area contributed by atoms with Crippen LogP contribution in [0.4, 0.5) is 0 Å². The summed E-state index contributed by atoms with van der Waals surface area (Å²) in [6.45, 7) is 6.71. The van der Waals surface area contributed by atoms with Crippen molar-refractivity contribution in [2.24, 2.45) is 16.6 Å². The highest BCUT2D eigenvalue weighted by Crippen LogP contribution is 2.38. The number of hydrogen-bond acceptors (Lipinski definition) is 8. The lowest BCUT2D eigenvalue weighted by Gasteiger charge is -2.52. The van der Waals surface area contributed by atoms with Crippen molar-refractivity contribution >= 4 is 11.9 Å². The van der Waals surface area contributed by atoms with Crippen LogP contribution in [-0.4, -0.2) is 54.3 Å². The molecule has 3 aliphatic rings. The number of aliphatic imine (C=N–C) groups is 1.